The van der Waals surface area contributed by atoms with Gasteiger partial charge in [0.2, 0.25) is 0 Å². The molecule has 4 rings (SSSR count). The van der Waals surface area contributed by atoms with Gasteiger partial charge in [0.15, 0.2) is 9.71 Å². The Labute approximate surface area is 145 Å². The molecule has 0 aliphatic heterocycles. The van der Waals surface area contributed by atoms with Crippen LogP contribution < -0.4 is 5.32 Å². The maximum Gasteiger partial charge on any atom is 0.299 e. The van der Waals surface area contributed by atoms with Gasteiger partial charge in [-0.15, -0.1) is 11.3 Å². The molecular weight excluding hydrogens is 350 g/mol. The third-order valence-corrected chi connectivity index (χ3v) is 4.76. The number of nitrogens with one attached hydrogen (secondary N) is 2. The van der Waals surface area contributed by atoms with Crippen LogP contribution in [0.25, 0.3) is 21.5 Å². The largest absolute Gasteiger partial charge is 0.423 e. The monoisotopic (exact) mass is 359 g/mol. The van der Waals surface area contributed by atoms with E-state index in [1.807, 2.05) is 42.5 Å². The molecule has 2 aromatic heterocycles. The summed E-state index contributed by atoms with van der Waals surface area (Å²) in [6.07, 6.45) is 1.68. The zero-order valence-corrected chi connectivity index (χ0v) is 14.1. The maximum absolute atomic E-state index is 5.89. The Kier molecular flexibility index (Phi) is 3.65. The normalized spacial score (nSPS) is 11.0. The highest BCUT2D eigenvalue weighted by Crippen LogP contribution is 2.28. The molecule has 4 aromatic rings. The van der Waals surface area contributed by atoms with E-state index in [2.05, 4.69) is 15.3 Å². The van der Waals surface area contributed by atoms with Crippen LogP contribution in [0.3, 0.4) is 0 Å². The second-order valence-corrected chi connectivity index (χ2v) is 7.04. The van der Waals surface area contributed by atoms with Crippen LogP contribution in [0, 0.1) is 3.95 Å². The van der Waals surface area contributed by atoms with E-state index < -0.39 is 0 Å². The molecule has 0 radical (unpaired) electrons. The summed E-state index contributed by atoms with van der Waals surface area (Å²) in [6, 6.07) is 13.8. The summed E-state index contributed by atoms with van der Waals surface area (Å²) in [7, 11) is 0. The van der Waals surface area contributed by atoms with Crippen molar-refractivity contribution < 1.29 is 4.42 Å². The number of rotatable bonds is 3. The number of H-pyrrole nitrogens is 1. The van der Waals surface area contributed by atoms with Crippen molar-refractivity contribution in [3.05, 3.63) is 57.6 Å². The molecular formula is C16H10ClN3OS2. The number of thiazole rings is 1. The molecule has 0 bridgehead atoms. The standard InChI is InChI=1S/C16H10ClN3OS2/c17-10-3-1-9(2-4-10)13-8-18-15(21-13)19-11-5-6-12-14(7-11)23-16(22)20-12/h1-8H,(H,18,19)(H,20,22). The number of benzene rings is 2. The minimum atomic E-state index is 0.438. The van der Waals surface area contributed by atoms with Crippen molar-refractivity contribution in [1.29, 1.82) is 0 Å². The lowest BCUT2D eigenvalue weighted by Crippen LogP contribution is -1.89. The second kappa shape index (κ2) is 5.81. The van der Waals surface area contributed by atoms with E-state index >= 15 is 0 Å². The van der Waals surface area contributed by atoms with E-state index in [0.717, 1.165) is 25.4 Å². The third kappa shape index (κ3) is 3.01. The van der Waals surface area contributed by atoms with E-state index in [0.29, 0.717) is 16.8 Å². The predicted molar refractivity (Wildman–Crippen MR) is 97.2 cm³/mol. The second-order valence-electron chi connectivity index (χ2n) is 4.89. The SMILES string of the molecule is S=c1[nH]c2ccc(Nc3ncc(-c4ccc(Cl)cc4)o3)cc2s1. The third-order valence-electron chi connectivity index (χ3n) is 3.31. The molecule has 114 valence electrons. The van der Waals surface area contributed by atoms with E-state index in [9.17, 15) is 0 Å². The molecule has 0 amide bonds. The Hall–Kier alpha value is -2.15. The molecule has 0 spiro atoms. The van der Waals surface area contributed by atoms with Crippen LogP contribution >= 0.6 is 35.2 Å². The molecule has 2 aromatic carbocycles. The van der Waals surface area contributed by atoms with Crippen molar-refractivity contribution in [1.82, 2.24) is 9.97 Å². The van der Waals surface area contributed by atoms with E-state index in [4.69, 9.17) is 28.2 Å². The van der Waals surface area contributed by atoms with Crippen molar-refractivity contribution in [3.63, 3.8) is 0 Å². The topological polar surface area (TPSA) is 53.9 Å². The Bertz CT molecular complexity index is 1030. The van der Waals surface area contributed by atoms with Crippen LogP contribution in [0.1, 0.15) is 0 Å². The molecule has 0 aliphatic rings. The highest BCUT2D eigenvalue weighted by molar-refractivity contribution is 7.73. The van der Waals surface area contributed by atoms with Crippen LogP contribution in [-0.4, -0.2) is 9.97 Å². The number of halogens is 1. The smallest absolute Gasteiger partial charge is 0.299 e. The van der Waals surface area contributed by atoms with Crippen molar-refractivity contribution in [2.24, 2.45) is 0 Å². The fourth-order valence-corrected chi connectivity index (χ4v) is 3.51. The van der Waals surface area contributed by atoms with Gasteiger partial charge in [-0.2, -0.15) is 0 Å². The number of aromatic amines is 1. The number of nitrogens with zero attached hydrogens (tertiary/aromatic N) is 1. The van der Waals surface area contributed by atoms with Crippen LogP contribution in [-0.2, 0) is 0 Å². The Balaban J connectivity index is 1.60. The highest BCUT2D eigenvalue weighted by atomic mass is 35.5. The van der Waals surface area contributed by atoms with Crippen LogP contribution in [0.4, 0.5) is 11.7 Å². The predicted octanol–water partition coefficient (Wildman–Crippen LogP) is 6.01. The molecule has 0 fully saturated rings. The van der Waals surface area contributed by atoms with Gasteiger partial charge in [-0.3, -0.25) is 0 Å². The summed E-state index contributed by atoms with van der Waals surface area (Å²) in [5.41, 5.74) is 2.85. The van der Waals surface area contributed by atoms with Gasteiger partial charge in [0, 0.05) is 16.3 Å². The van der Waals surface area contributed by atoms with Gasteiger partial charge in [-0.05, 0) is 54.7 Å². The van der Waals surface area contributed by atoms with Gasteiger partial charge in [-0.1, -0.05) is 11.6 Å². The fourth-order valence-electron chi connectivity index (χ4n) is 2.23. The molecule has 7 heteroatoms. The van der Waals surface area contributed by atoms with Crippen molar-refractivity contribution in [3.8, 4) is 11.3 Å². The number of oxazole rings is 1. The first-order valence-electron chi connectivity index (χ1n) is 6.79. The Morgan fingerprint density at radius 2 is 2.00 bits per heavy atom. The molecule has 0 saturated carbocycles. The van der Waals surface area contributed by atoms with Gasteiger partial charge >= 0.3 is 0 Å². The van der Waals surface area contributed by atoms with E-state index in [1.165, 1.54) is 11.3 Å². The molecule has 4 nitrogen and oxygen atoms in total. The quantitative estimate of drug-likeness (QED) is 0.440. The molecule has 0 saturated heterocycles. The highest BCUT2D eigenvalue weighted by Gasteiger charge is 2.07. The van der Waals surface area contributed by atoms with Gasteiger partial charge in [-0.25, -0.2) is 4.98 Å². The molecule has 0 aliphatic carbocycles. The Morgan fingerprint density at radius 3 is 2.83 bits per heavy atom. The summed E-state index contributed by atoms with van der Waals surface area (Å²) < 4.78 is 7.59. The lowest BCUT2D eigenvalue weighted by atomic mass is 10.2. The molecule has 0 atom stereocenters. The summed E-state index contributed by atoms with van der Waals surface area (Å²) >= 11 is 12.6. The van der Waals surface area contributed by atoms with Crippen molar-refractivity contribution >= 4 is 57.1 Å². The lowest BCUT2D eigenvalue weighted by Gasteiger charge is -2.01. The van der Waals surface area contributed by atoms with Crippen molar-refractivity contribution in [2.45, 2.75) is 0 Å². The first-order valence-corrected chi connectivity index (χ1v) is 8.39. The van der Waals surface area contributed by atoms with Gasteiger partial charge in [0.1, 0.15) is 0 Å². The molecule has 0 unspecified atom stereocenters. The zero-order valence-electron chi connectivity index (χ0n) is 11.7. The van der Waals surface area contributed by atoms with Crippen LogP contribution in [0.2, 0.25) is 5.02 Å². The number of hydrogen-bond donors (Lipinski definition) is 2. The average Bonchev–Trinajstić information content (AvgIpc) is 3.13. The molecule has 2 heterocycles. The number of hydrogen-bond acceptors (Lipinski definition) is 5. The van der Waals surface area contributed by atoms with Gasteiger partial charge < -0.3 is 14.7 Å². The summed E-state index contributed by atoms with van der Waals surface area (Å²) in [5.74, 6) is 0.683. The summed E-state index contributed by atoms with van der Waals surface area (Å²) in [6.45, 7) is 0. The molecule has 2 N–H and O–H groups in total. The number of fused-ring (bicyclic) bond motifs is 1. The van der Waals surface area contributed by atoms with Gasteiger partial charge in [0.25, 0.3) is 6.01 Å². The first kappa shape index (κ1) is 14.4. The fraction of sp³-hybridized carbons (Fsp3) is 0. The lowest BCUT2D eigenvalue weighted by molar-refractivity contribution is 0.592. The van der Waals surface area contributed by atoms with Crippen LogP contribution in [0.15, 0.2) is 53.1 Å². The zero-order chi connectivity index (χ0) is 15.8. The minimum Gasteiger partial charge on any atom is -0.423 e. The minimum absolute atomic E-state index is 0.438. The molecule has 23 heavy (non-hydrogen) atoms. The van der Waals surface area contributed by atoms with Crippen LogP contribution in [0.5, 0.6) is 0 Å². The number of aromatic nitrogens is 2. The van der Waals surface area contributed by atoms with E-state index in [-0.39, 0.29) is 0 Å². The van der Waals surface area contributed by atoms with Crippen molar-refractivity contribution in [2.75, 3.05) is 5.32 Å². The number of anilines is 2. The maximum atomic E-state index is 5.89. The van der Waals surface area contributed by atoms with Gasteiger partial charge in [0.05, 0.1) is 16.4 Å². The average molecular weight is 360 g/mol. The first-order chi connectivity index (χ1) is 11.2. The van der Waals surface area contributed by atoms with E-state index in [1.54, 1.807) is 6.20 Å². The Morgan fingerprint density at radius 1 is 1.17 bits per heavy atom. The summed E-state index contributed by atoms with van der Waals surface area (Å²) in [4.78, 5) is 7.40. The summed E-state index contributed by atoms with van der Waals surface area (Å²) in [5, 5.41) is 3.85.